The molecule has 0 saturated carbocycles. The van der Waals surface area contributed by atoms with E-state index in [-0.39, 0.29) is 36.9 Å². The van der Waals surface area contributed by atoms with E-state index >= 15 is 0 Å². The second kappa shape index (κ2) is 10.5. The van der Waals surface area contributed by atoms with Gasteiger partial charge in [0.25, 0.3) is 0 Å². The van der Waals surface area contributed by atoms with Gasteiger partial charge in [-0.3, -0.25) is 24.3 Å². The molecule has 2 saturated heterocycles. The molecular weight excluding hydrogens is 508 g/mol. The van der Waals surface area contributed by atoms with Crippen LogP contribution in [0.1, 0.15) is 33.6 Å². The number of H-pyrrole nitrogens is 1. The number of pyridine rings is 1. The number of carbonyl (C=O) groups excluding carboxylic acids is 3. The van der Waals surface area contributed by atoms with Crippen LogP contribution in [0, 0.1) is 0 Å². The van der Waals surface area contributed by atoms with Gasteiger partial charge in [0, 0.05) is 54.6 Å². The van der Waals surface area contributed by atoms with Crippen LogP contribution in [-0.4, -0.2) is 88.0 Å². The Labute approximate surface area is 226 Å². The third-order valence-electron chi connectivity index (χ3n) is 7.28. The largest absolute Gasteiger partial charge is 0.372 e. The molecule has 202 valence electrons. The summed E-state index contributed by atoms with van der Waals surface area (Å²) in [4.78, 5) is 49.4. The molecule has 38 heavy (non-hydrogen) atoms. The van der Waals surface area contributed by atoms with Crippen molar-refractivity contribution >= 4 is 56.8 Å². The highest BCUT2D eigenvalue weighted by atomic mass is 35.5. The molecule has 0 unspecified atom stereocenters. The van der Waals surface area contributed by atoms with Crippen LogP contribution in [0.25, 0.3) is 21.8 Å². The van der Waals surface area contributed by atoms with Crippen molar-refractivity contribution in [3.8, 4) is 0 Å². The van der Waals surface area contributed by atoms with Crippen LogP contribution in [-0.2, 0) is 19.1 Å². The van der Waals surface area contributed by atoms with Gasteiger partial charge in [-0.25, -0.2) is 0 Å². The number of hydrogen-bond donors (Lipinski definition) is 3. The van der Waals surface area contributed by atoms with E-state index in [0.717, 1.165) is 21.8 Å². The number of ether oxygens (including phenoxy) is 1. The van der Waals surface area contributed by atoms with Gasteiger partial charge >= 0.3 is 0 Å². The van der Waals surface area contributed by atoms with E-state index in [4.69, 9.17) is 16.3 Å². The highest BCUT2D eigenvalue weighted by molar-refractivity contribution is 6.33. The first-order valence-electron chi connectivity index (χ1n) is 12.9. The quantitative estimate of drug-likeness (QED) is 0.458. The number of amides is 3. The fourth-order valence-corrected chi connectivity index (χ4v) is 5.65. The predicted octanol–water partition coefficient (Wildman–Crippen LogP) is 2.91. The first-order valence-corrected chi connectivity index (χ1v) is 13.3. The van der Waals surface area contributed by atoms with Gasteiger partial charge in [0.2, 0.25) is 17.7 Å². The van der Waals surface area contributed by atoms with Gasteiger partial charge < -0.3 is 25.3 Å². The van der Waals surface area contributed by atoms with Crippen LogP contribution < -0.4 is 10.6 Å². The maximum atomic E-state index is 13.6. The Morgan fingerprint density at radius 1 is 1.21 bits per heavy atom. The minimum atomic E-state index is -0.649. The Bertz CT molecular complexity index is 1380. The molecule has 3 amide bonds. The van der Waals surface area contributed by atoms with Gasteiger partial charge in [0.1, 0.15) is 6.04 Å². The second-order valence-corrected chi connectivity index (χ2v) is 11.2. The average molecular weight is 541 g/mol. The Morgan fingerprint density at radius 2 is 1.97 bits per heavy atom. The number of hydrogen-bond acceptors (Lipinski definition) is 6. The molecule has 0 spiro atoms. The SMILES string of the molecule is CC(=O)NC1CCN(C(=O)CN2CC(C)(C)OC[C@H]2C(=O)Nc2cc(Cl)cc3c2[nH]c2cnccc23)CC1. The van der Waals surface area contributed by atoms with Crippen LogP contribution in [0.2, 0.25) is 5.02 Å². The molecule has 1 atom stereocenters. The number of anilines is 1. The van der Waals surface area contributed by atoms with E-state index in [2.05, 4.69) is 20.6 Å². The highest BCUT2D eigenvalue weighted by Gasteiger charge is 2.39. The van der Waals surface area contributed by atoms with Crippen molar-refractivity contribution in [3.05, 3.63) is 35.6 Å². The Kier molecular flexibility index (Phi) is 7.30. The fraction of sp³-hybridized carbons (Fsp3) is 0.481. The van der Waals surface area contributed by atoms with E-state index in [1.54, 1.807) is 18.5 Å². The molecular formula is C27H33ClN6O4. The third-order valence-corrected chi connectivity index (χ3v) is 7.50. The molecule has 5 rings (SSSR count). The number of fused-ring (bicyclic) bond motifs is 3. The summed E-state index contributed by atoms with van der Waals surface area (Å²) >= 11 is 6.42. The molecule has 0 bridgehead atoms. The van der Waals surface area contributed by atoms with Gasteiger partial charge in [0.05, 0.1) is 41.7 Å². The molecule has 2 aliphatic rings. The number of nitrogens with one attached hydrogen (secondary N) is 3. The van der Waals surface area contributed by atoms with Gasteiger partial charge in [0.15, 0.2) is 0 Å². The second-order valence-electron chi connectivity index (χ2n) is 10.8. The minimum Gasteiger partial charge on any atom is -0.372 e. The summed E-state index contributed by atoms with van der Waals surface area (Å²) in [5, 5.41) is 8.31. The number of aromatic amines is 1. The number of piperidine rings is 1. The number of rotatable bonds is 5. The van der Waals surface area contributed by atoms with Gasteiger partial charge in [-0.2, -0.15) is 0 Å². The maximum Gasteiger partial charge on any atom is 0.244 e. The first-order chi connectivity index (χ1) is 18.1. The van der Waals surface area contributed by atoms with Crippen molar-refractivity contribution in [2.75, 3.05) is 38.1 Å². The molecule has 2 aliphatic heterocycles. The smallest absolute Gasteiger partial charge is 0.244 e. The van der Waals surface area contributed by atoms with E-state index in [1.807, 2.05) is 35.8 Å². The molecule has 2 aromatic heterocycles. The molecule has 0 aliphatic carbocycles. The topological polar surface area (TPSA) is 120 Å². The number of halogens is 1. The summed E-state index contributed by atoms with van der Waals surface area (Å²) < 4.78 is 5.99. The molecule has 2 fully saturated rings. The Hall–Kier alpha value is -3.21. The lowest BCUT2D eigenvalue weighted by Crippen LogP contribution is -2.60. The van der Waals surface area contributed by atoms with Crippen molar-refractivity contribution < 1.29 is 19.1 Å². The summed E-state index contributed by atoms with van der Waals surface area (Å²) in [6, 6.07) is 4.92. The monoisotopic (exact) mass is 540 g/mol. The normalized spacial score (nSPS) is 20.5. The van der Waals surface area contributed by atoms with Crippen LogP contribution in [0.3, 0.4) is 0 Å². The van der Waals surface area contributed by atoms with Crippen molar-refractivity contribution in [2.24, 2.45) is 0 Å². The van der Waals surface area contributed by atoms with Crippen molar-refractivity contribution in [3.63, 3.8) is 0 Å². The molecule has 1 aromatic carbocycles. The molecule has 11 heteroatoms. The zero-order chi connectivity index (χ0) is 27.0. The molecule has 3 N–H and O–H groups in total. The van der Waals surface area contributed by atoms with E-state index < -0.39 is 11.6 Å². The standard InChI is InChI=1S/C27H33ClN6O4/c1-16(35)30-18-5-8-33(9-6-18)24(36)13-34-15-27(2,3)38-14-23(34)26(37)32-21-11-17(28)10-20-19-4-7-29-12-22(19)31-25(20)21/h4,7,10-12,18,23,31H,5-6,8-9,13-15H2,1-3H3,(H,30,35)(H,32,37)/t23-/m0/s1. The summed E-state index contributed by atoms with van der Waals surface area (Å²) in [5.41, 5.74) is 1.66. The number of benzene rings is 1. The lowest BCUT2D eigenvalue weighted by Gasteiger charge is -2.43. The Morgan fingerprint density at radius 3 is 2.71 bits per heavy atom. The first kappa shape index (κ1) is 26.4. The van der Waals surface area contributed by atoms with E-state index in [0.29, 0.717) is 43.2 Å². The van der Waals surface area contributed by atoms with E-state index in [9.17, 15) is 14.4 Å². The minimum absolute atomic E-state index is 0.0324. The zero-order valence-corrected chi connectivity index (χ0v) is 22.6. The molecule has 3 aromatic rings. The summed E-state index contributed by atoms with van der Waals surface area (Å²) in [6.45, 7) is 7.27. The van der Waals surface area contributed by atoms with Crippen LogP contribution in [0.15, 0.2) is 30.6 Å². The molecule has 0 radical (unpaired) electrons. The zero-order valence-electron chi connectivity index (χ0n) is 21.8. The Balaban J connectivity index is 1.32. The number of likely N-dealkylation sites (tertiary alicyclic amines) is 1. The summed E-state index contributed by atoms with van der Waals surface area (Å²) in [7, 11) is 0. The number of morpholine rings is 1. The predicted molar refractivity (Wildman–Crippen MR) is 146 cm³/mol. The van der Waals surface area contributed by atoms with Crippen LogP contribution in [0.5, 0.6) is 0 Å². The number of carbonyl (C=O) groups is 3. The maximum absolute atomic E-state index is 13.6. The van der Waals surface area contributed by atoms with Gasteiger partial charge in [-0.15, -0.1) is 0 Å². The van der Waals surface area contributed by atoms with Gasteiger partial charge in [-0.05, 0) is 44.9 Å². The third kappa shape index (κ3) is 5.62. The van der Waals surface area contributed by atoms with Crippen LogP contribution >= 0.6 is 11.6 Å². The fourth-order valence-electron chi connectivity index (χ4n) is 5.43. The summed E-state index contributed by atoms with van der Waals surface area (Å²) in [6.07, 6.45) is 4.88. The molecule has 10 nitrogen and oxygen atoms in total. The number of nitrogens with zero attached hydrogens (tertiary/aromatic N) is 3. The number of aromatic nitrogens is 2. The van der Waals surface area contributed by atoms with Gasteiger partial charge in [-0.1, -0.05) is 11.6 Å². The van der Waals surface area contributed by atoms with Crippen LogP contribution in [0.4, 0.5) is 5.69 Å². The van der Waals surface area contributed by atoms with E-state index in [1.165, 1.54) is 6.92 Å². The lowest BCUT2D eigenvalue weighted by atomic mass is 10.0. The van der Waals surface area contributed by atoms with Crippen molar-refractivity contribution in [2.45, 2.75) is 51.3 Å². The highest BCUT2D eigenvalue weighted by Crippen LogP contribution is 2.33. The lowest BCUT2D eigenvalue weighted by molar-refractivity contribution is -0.150. The average Bonchev–Trinajstić information content (AvgIpc) is 3.22. The van der Waals surface area contributed by atoms with Crippen molar-refractivity contribution in [1.82, 2.24) is 25.1 Å². The molecule has 4 heterocycles. The van der Waals surface area contributed by atoms with Crippen molar-refractivity contribution in [1.29, 1.82) is 0 Å². The summed E-state index contributed by atoms with van der Waals surface area (Å²) in [5.74, 6) is -0.353.